The van der Waals surface area contributed by atoms with Gasteiger partial charge in [-0.15, -0.1) is 0 Å². The molecule has 1 amide bonds. The van der Waals surface area contributed by atoms with E-state index in [2.05, 4.69) is 5.32 Å². The third kappa shape index (κ3) is 6.78. The highest BCUT2D eigenvalue weighted by atomic mass is 35.5. The Bertz CT molecular complexity index is 1470. The molecule has 200 valence electrons. The zero-order valence-electron chi connectivity index (χ0n) is 20.6. The third-order valence-electron chi connectivity index (χ3n) is 6.16. The Morgan fingerprint density at radius 3 is 1.97 bits per heavy atom. The fraction of sp³-hybridized carbons (Fsp3) is 0.133. The molecule has 0 aliphatic rings. The van der Waals surface area contributed by atoms with Gasteiger partial charge in [0.2, 0.25) is 0 Å². The summed E-state index contributed by atoms with van der Waals surface area (Å²) < 4.78 is 43.8. The zero-order valence-corrected chi connectivity index (χ0v) is 21.4. The molecule has 0 spiro atoms. The molecule has 0 aromatic heterocycles. The van der Waals surface area contributed by atoms with Gasteiger partial charge in [-0.1, -0.05) is 60.1 Å². The number of benzene rings is 4. The van der Waals surface area contributed by atoms with Gasteiger partial charge in [0.15, 0.2) is 0 Å². The van der Waals surface area contributed by atoms with Gasteiger partial charge in [-0.3, -0.25) is 4.79 Å². The molecule has 1 atom stereocenters. The molecule has 0 unspecified atom stereocenters. The van der Waals surface area contributed by atoms with Crippen molar-refractivity contribution in [1.82, 2.24) is 5.32 Å². The van der Waals surface area contributed by atoms with Crippen LogP contribution in [0.3, 0.4) is 0 Å². The van der Waals surface area contributed by atoms with E-state index in [0.29, 0.717) is 27.5 Å². The predicted octanol–water partition coefficient (Wildman–Crippen LogP) is 7.13. The van der Waals surface area contributed by atoms with Crippen LogP contribution < -0.4 is 10.1 Å². The van der Waals surface area contributed by atoms with Crippen molar-refractivity contribution in [2.45, 2.75) is 18.6 Å². The van der Waals surface area contributed by atoms with Gasteiger partial charge in [-0.25, -0.2) is 4.79 Å². The molecule has 0 saturated heterocycles. The van der Waals surface area contributed by atoms with Gasteiger partial charge >= 0.3 is 12.1 Å². The van der Waals surface area contributed by atoms with Crippen molar-refractivity contribution in [3.05, 3.63) is 113 Å². The molecule has 0 saturated carbocycles. The Morgan fingerprint density at radius 1 is 0.872 bits per heavy atom. The van der Waals surface area contributed by atoms with Crippen LogP contribution >= 0.6 is 11.6 Å². The number of alkyl halides is 3. The Hall–Kier alpha value is -4.30. The van der Waals surface area contributed by atoms with Crippen molar-refractivity contribution < 1.29 is 32.6 Å². The van der Waals surface area contributed by atoms with Crippen LogP contribution in [0.25, 0.3) is 22.3 Å². The van der Waals surface area contributed by atoms with E-state index in [9.17, 15) is 27.9 Å². The Morgan fingerprint density at radius 2 is 1.44 bits per heavy atom. The molecule has 4 aromatic carbocycles. The Balaban J connectivity index is 1.44. The van der Waals surface area contributed by atoms with Crippen LogP contribution in [0, 0.1) is 0 Å². The largest absolute Gasteiger partial charge is 0.496 e. The maximum absolute atomic E-state index is 12.8. The van der Waals surface area contributed by atoms with E-state index in [1.807, 2.05) is 12.1 Å². The van der Waals surface area contributed by atoms with Crippen molar-refractivity contribution in [3.8, 4) is 28.0 Å². The lowest BCUT2D eigenvalue weighted by Gasteiger charge is -2.16. The van der Waals surface area contributed by atoms with E-state index in [-0.39, 0.29) is 12.0 Å². The minimum Gasteiger partial charge on any atom is -0.496 e. The highest BCUT2D eigenvalue weighted by Crippen LogP contribution is 2.33. The summed E-state index contributed by atoms with van der Waals surface area (Å²) in [5, 5.41) is 12.8. The third-order valence-corrected chi connectivity index (χ3v) is 6.40. The molecule has 0 aliphatic carbocycles. The summed E-state index contributed by atoms with van der Waals surface area (Å²) in [6, 6.07) is 22.1. The van der Waals surface area contributed by atoms with Gasteiger partial charge in [0, 0.05) is 22.6 Å². The average molecular weight is 554 g/mol. The van der Waals surface area contributed by atoms with Crippen molar-refractivity contribution in [2.75, 3.05) is 7.11 Å². The lowest BCUT2D eigenvalue weighted by molar-refractivity contribution is -0.139. The number of methoxy groups -OCH3 is 1. The van der Waals surface area contributed by atoms with E-state index in [4.69, 9.17) is 16.3 Å². The van der Waals surface area contributed by atoms with Crippen LogP contribution in [0.4, 0.5) is 13.2 Å². The van der Waals surface area contributed by atoms with Crippen LogP contribution in [-0.4, -0.2) is 30.1 Å². The molecule has 2 N–H and O–H groups in total. The first-order chi connectivity index (χ1) is 18.5. The second-order valence-electron chi connectivity index (χ2n) is 8.76. The molecule has 0 heterocycles. The Kier molecular flexibility index (Phi) is 8.26. The minimum absolute atomic E-state index is 0.0532. The SMILES string of the molecule is COc1ccc(Cl)cc1-c1ccc(C[C@H](NC(=O)c2ccc(-c3ccc(C(F)(F)F)cc3)cc2)C(=O)O)cc1. The molecule has 4 rings (SSSR count). The molecule has 9 heteroatoms. The van der Waals surface area contributed by atoms with Crippen molar-refractivity contribution >= 4 is 23.5 Å². The first-order valence-corrected chi connectivity index (χ1v) is 12.2. The summed E-state index contributed by atoms with van der Waals surface area (Å²) in [5.41, 5.74) is 2.97. The van der Waals surface area contributed by atoms with Crippen LogP contribution in [0.2, 0.25) is 5.02 Å². The first kappa shape index (κ1) is 27.7. The van der Waals surface area contributed by atoms with Crippen LogP contribution in [0.15, 0.2) is 91.0 Å². The lowest BCUT2D eigenvalue weighted by Crippen LogP contribution is -2.42. The maximum atomic E-state index is 12.8. The second-order valence-corrected chi connectivity index (χ2v) is 9.20. The topological polar surface area (TPSA) is 75.6 Å². The van der Waals surface area contributed by atoms with E-state index >= 15 is 0 Å². The van der Waals surface area contributed by atoms with Crippen molar-refractivity contribution in [1.29, 1.82) is 0 Å². The number of carboxylic acid groups (broad SMARTS) is 1. The van der Waals surface area contributed by atoms with Gasteiger partial charge in [0.1, 0.15) is 11.8 Å². The summed E-state index contributed by atoms with van der Waals surface area (Å²) >= 11 is 6.12. The number of amides is 1. The summed E-state index contributed by atoms with van der Waals surface area (Å²) in [5.74, 6) is -1.13. The number of halogens is 4. The fourth-order valence-electron chi connectivity index (χ4n) is 4.07. The number of nitrogens with one attached hydrogen (secondary N) is 1. The van der Waals surface area contributed by atoms with Crippen LogP contribution in [0.1, 0.15) is 21.5 Å². The van der Waals surface area contributed by atoms with Crippen molar-refractivity contribution in [2.24, 2.45) is 0 Å². The number of hydrogen-bond donors (Lipinski definition) is 2. The average Bonchev–Trinajstić information content (AvgIpc) is 2.92. The molecule has 4 aromatic rings. The number of carbonyl (C=O) groups excluding carboxylic acids is 1. The number of aliphatic carboxylic acids is 1. The summed E-state index contributed by atoms with van der Waals surface area (Å²) in [4.78, 5) is 24.7. The maximum Gasteiger partial charge on any atom is 0.416 e. The summed E-state index contributed by atoms with van der Waals surface area (Å²) in [7, 11) is 1.56. The minimum atomic E-state index is -4.42. The van der Waals surface area contributed by atoms with Gasteiger partial charge in [0.05, 0.1) is 12.7 Å². The number of rotatable bonds is 8. The first-order valence-electron chi connectivity index (χ1n) is 11.8. The van der Waals surface area contributed by atoms with Crippen molar-refractivity contribution in [3.63, 3.8) is 0 Å². The lowest BCUT2D eigenvalue weighted by atomic mass is 9.99. The highest BCUT2D eigenvalue weighted by Gasteiger charge is 2.30. The Labute approximate surface area is 227 Å². The summed E-state index contributed by atoms with van der Waals surface area (Å²) in [6.45, 7) is 0. The van der Waals surface area contributed by atoms with Gasteiger partial charge in [0.25, 0.3) is 5.91 Å². The van der Waals surface area contributed by atoms with Gasteiger partial charge in [-0.2, -0.15) is 13.2 Å². The van der Waals surface area contributed by atoms with E-state index in [0.717, 1.165) is 23.3 Å². The molecule has 0 bridgehead atoms. The van der Waals surface area contributed by atoms with Gasteiger partial charge in [-0.05, 0) is 64.7 Å². The second kappa shape index (κ2) is 11.6. The normalized spacial score (nSPS) is 12.0. The quantitative estimate of drug-likeness (QED) is 0.243. The molecule has 5 nitrogen and oxygen atoms in total. The molecule has 0 fully saturated rings. The number of hydrogen-bond acceptors (Lipinski definition) is 3. The van der Waals surface area contributed by atoms with Crippen LogP contribution in [0.5, 0.6) is 5.75 Å². The van der Waals surface area contributed by atoms with Crippen LogP contribution in [-0.2, 0) is 17.4 Å². The van der Waals surface area contributed by atoms with E-state index < -0.39 is 29.7 Å². The molecule has 0 radical (unpaired) electrons. The fourth-order valence-corrected chi connectivity index (χ4v) is 4.24. The number of carbonyl (C=O) groups is 2. The zero-order chi connectivity index (χ0) is 28.2. The monoisotopic (exact) mass is 553 g/mol. The van der Waals surface area contributed by atoms with E-state index in [1.165, 1.54) is 24.3 Å². The van der Waals surface area contributed by atoms with E-state index in [1.54, 1.807) is 49.6 Å². The molecular weight excluding hydrogens is 531 g/mol. The molecule has 0 aliphatic heterocycles. The number of carboxylic acids is 1. The molecule has 39 heavy (non-hydrogen) atoms. The highest BCUT2D eigenvalue weighted by molar-refractivity contribution is 6.31. The standard InChI is InChI=1S/C30H23ClF3NO4/c1-39-27-15-14-24(31)17-25(27)21-4-2-18(3-5-21)16-26(29(37)38)35-28(36)22-8-6-19(7-9-22)20-10-12-23(13-11-20)30(32,33)34/h2-15,17,26H,16H2,1H3,(H,35,36)(H,37,38)/t26-/m0/s1. The number of ether oxygens (including phenoxy) is 1. The summed E-state index contributed by atoms with van der Waals surface area (Å²) in [6.07, 6.45) is -4.37. The van der Waals surface area contributed by atoms with Gasteiger partial charge < -0.3 is 15.2 Å². The molecular formula is C30H23ClF3NO4. The smallest absolute Gasteiger partial charge is 0.416 e. The predicted molar refractivity (Wildman–Crippen MR) is 143 cm³/mol.